The van der Waals surface area contributed by atoms with E-state index in [0.29, 0.717) is 16.7 Å². The van der Waals surface area contributed by atoms with Gasteiger partial charge in [0.1, 0.15) is 0 Å². The highest BCUT2D eigenvalue weighted by molar-refractivity contribution is 9.10. The maximum atomic E-state index is 12.8. The average Bonchev–Trinajstić information content (AvgIpc) is 3.01. The zero-order chi connectivity index (χ0) is 23.1. The fourth-order valence-corrected chi connectivity index (χ4v) is 4.92. The number of hydrogen-bond acceptors (Lipinski definition) is 3. The smallest absolute Gasteiger partial charge is 0.238 e. The Labute approximate surface area is 209 Å². The van der Waals surface area contributed by atoms with Crippen LogP contribution < -0.4 is 10.6 Å². The minimum absolute atomic E-state index is 0.0383. The monoisotopic (exact) mass is 536 g/mol. The van der Waals surface area contributed by atoms with E-state index in [9.17, 15) is 4.79 Å². The number of amides is 1. The second-order valence-corrected chi connectivity index (χ2v) is 9.59. The van der Waals surface area contributed by atoms with Crippen LogP contribution in [0.15, 0.2) is 40.9 Å². The van der Waals surface area contributed by atoms with Crippen LogP contribution in [0.4, 0.5) is 11.4 Å². The summed E-state index contributed by atoms with van der Waals surface area (Å²) in [5.41, 5.74) is 4.14. The molecule has 5 nitrogen and oxygen atoms in total. The van der Waals surface area contributed by atoms with Crippen LogP contribution in [-0.2, 0) is 17.6 Å². The molecule has 8 heteroatoms. The number of anilines is 2. The van der Waals surface area contributed by atoms with Crippen molar-refractivity contribution in [3.63, 3.8) is 0 Å². The zero-order valence-electron chi connectivity index (χ0n) is 18.6. The summed E-state index contributed by atoms with van der Waals surface area (Å²) in [6, 6.07) is 11.9. The first-order valence-corrected chi connectivity index (χ1v) is 12.6. The molecule has 0 atom stereocenters. The van der Waals surface area contributed by atoms with E-state index in [4.69, 9.17) is 23.8 Å². The van der Waals surface area contributed by atoms with Crippen molar-refractivity contribution < 1.29 is 4.79 Å². The van der Waals surface area contributed by atoms with E-state index in [1.54, 1.807) is 0 Å². The molecule has 0 aromatic heterocycles. The van der Waals surface area contributed by atoms with Gasteiger partial charge in [0.25, 0.3) is 0 Å². The number of rotatable bonds is 6. The van der Waals surface area contributed by atoms with Crippen LogP contribution >= 0.6 is 39.7 Å². The number of benzene rings is 2. The van der Waals surface area contributed by atoms with Gasteiger partial charge in [-0.2, -0.15) is 0 Å². The normalized spacial score (nSPS) is 14.7. The van der Waals surface area contributed by atoms with Gasteiger partial charge >= 0.3 is 0 Å². The van der Waals surface area contributed by atoms with E-state index >= 15 is 0 Å². The standard InChI is InChI=1S/C24H30BrClN4OS/c1-3-17-7-5-8-18(4-2)23(17)28-22(31)16-29-11-6-12-30(14-13-29)24(32)27-21-10-9-19(25)15-20(21)26/h5,7-10,15H,3-4,6,11-14,16H2,1-2H3,(H,27,32)(H,28,31). The lowest BCUT2D eigenvalue weighted by Gasteiger charge is -2.25. The highest BCUT2D eigenvalue weighted by Gasteiger charge is 2.20. The molecular weight excluding hydrogens is 508 g/mol. The second-order valence-electron chi connectivity index (χ2n) is 7.88. The Balaban J connectivity index is 1.55. The Bertz CT molecular complexity index is 949. The number of hydrogen-bond donors (Lipinski definition) is 2. The Kier molecular flexibility index (Phi) is 9.34. The number of para-hydroxylation sites is 1. The number of aryl methyl sites for hydroxylation is 2. The predicted octanol–water partition coefficient (Wildman–Crippen LogP) is 5.57. The van der Waals surface area contributed by atoms with Gasteiger partial charge in [0.15, 0.2) is 5.11 Å². The predicted molar refractivity (Wildman–Crippen MR) is 142 cm³/mol. The molecule has 32 heavy (non-hydrogen) atoms. The van der Waals surface area contributed by atoms with E-state index in [1.165, 1.54) is 11.1 Å². The Morgan fingerprint density at radius 3 is 2.44 bits per heavy atom. The van der Waals surface area contributed by atoms with Crippen LogP contribution in [-0.4, -0.2) is 53.5 Å². The summed E-state index contributed by atoms with van der Waals surface area (Å²) >= 11 is 15.4. The first kappa shape index (κ1) is 25.0. The van der Waals surface area contributed by atoms with Crippen molar-refractivity contribution in [1.82, 2.24) is 9.80 Å². The molecule has 172 valence electrons. The molecule has 1 amide bonds. The molecule has 2 aromatic carbocycles. The highest BCUT2D eigenvalue weighted by Crippen LogP contribution is 2.26. The first-order chi connectivity index (χ1) is 15.4. The number of thiocarbonyl (C=S) groups is 1. The average molecular weight is 538 g/mol. The molecule has 1 aliphatic heterocycles. The Morgan fingerprint density at radius 1 is 1.06 bits per heavy atom. The molecule has 2 aromatic rings. The van der Waals surface area contributed by atoms with Crippen molar-refractivity contribution in [1.29, 1.82) is 0 Å². The third-order valence-corrected chi connectivity index (χ3v) is 6.85. The largest absolute Gasteiger partial charge is 0.348 e. The lowest BCUT2D eigenvalue weighted by Crippen LogP contribution is -2.39. The number of nitrogens with zero attached hydrogens (tertiary/aromatic N) is 2. The first-order valence-electron chi connectivity index (χ1n) is 11.0. The summed E-state index contributed by atoms with van der Waals surface area (Å²) in [6.45, 7) is 7.86. The van der Waals surface area contributed by atoms with Gasteiger partial charge in [0, 0.05) is 36.3 Å². The van der Waals surface area contributed by atoms with E-state index < -0.39 is 0 Å². The molecule has 0 saturated carbocycles. The molecule has 0 radical (unpaired) electrons. The van der Waals surface area contributed by atoms with E-state index in [1.807, 2.05) is 18.2 Å². The van der Waals surface area contributed by atoms with Gasteiger partial charge in [-0.25, -0.2) is 0 Å². The molecule has 1 heterocycles. The Hall–Kier alpha value is -1.67. The van der Waals surface area contributed by atoms with Crippen molar-refractivity contribution >= 4 is 62.1 Å². The molecule has 0 bridgehead atoms. The lowest BCUT2D eigenvalue weighted by atomic mass is 10.0. The van der Waals surface area contributed by atoms with Crippen molar-refractivity contribution in [2.75, 3.05) is 43.4 Å². The van der Waals surface area contributed by atoms with Gasteiger partial charge in [-0.3, -0.25) is 9.69 Å². The van der Waals surface area contributed by atoms with Crippen LogP contribution in [0.3, 0.4) is 0 Å². The third kappa shape index (κ3) is 6.67. The maximum Gasteiger partial charge on any atom is 0.238 e. The van der Waals surface area contributed by atoms with Gasteiger partial charge in [-0.15, -0.1) is 0 Å². The molecule has 1 aliphatic rings. The quantitative estimate of drug-likeness (QED) is 0.472. The molecule has 3 rings (SSSR count). The number of carbonyl (C=O) groups is 1. The summed E-state index contributed by atoms with van der Waals surface area (Å²) in [5, 5.41) is 7.71. The number of nitrogens with one attached hydrogen (secondary N) is 2. The SMILES string of the molecule is CCc1cccc(CC)c1NC(=O)CN1CCCN(C(=S)Nc2ccc(Br)cc2Cl)CC1. The van der Waals surface area contributed by atoms with E-state index in [-0.39, 0.29) is 5.91 Å². The minimum Gasteiger partial charge on any atom is -0.348 e. The second kappa shape index (κ2) is 12.0. The summed E-state index contributed by atoms with van der Waals surface area (Å²) < 4.78 is 0.926. The van der Waals surface area contributed by atoms with Crippen molar-refractivity contribution in [3.8, 4) is 0 Å². The molecule has 0 unspecified atom stereocenters. The van der Waals surface area contributed by atoms with Gasteiger partial charge < -0.3 is 15.5 Å². The fraction of sp³-hybridized carbons (Fsp3) is 0.417. The minimum atomic E-state index is 0.0383. The Morgan fingerprint density at radius 2 is 1.78 bits per heavy atom. The third-order valence-electron chi connectivity index (χ3n) is 5.68. The summed E-state index contributed by atoms with van der Waals surface area (Å²) in [7, 11) is 0. The van der Waals surface area contributed by atoms with Crippen molar-refractivity contribution in [2.45, 2.75) is 33.1 Å². The van der Waals surface area contributed by atoms with E-state index in [0.717, 1.165) is 61.3 Å². The van der Waals surface area contributed by atoms with Crippen LogP contribution in [0.2, 0.25) is 5.02 Å². The highest BCUT2D eigenvalue weighted by atomic mass is 79.9. The van der Waals surface area contributed by atoms with Gasteiger partial charge in [0.2, 0.25) is 5.91 Å². The summed E-state index contributed by atoms with van der Waals surface area (Å²) in [5.74, 6) is 0.0383. The summed E-state index contributed by atoms with van der Waals surface area (Å²) in [4.78, 5) is 17.2. The number of halogens is 2. The molecule has 0 spiro atoms. The van der Waals surface area contributed by atoms with Crippen LogP contribution in [0.25, 0.3) is 0 Å². The zero-order valence-corrected chi connectivity index (χ0v) is 21.7. The fourth-order valence-electron chi connectivity index (χ4n) is 3.90. The molecule has 1 saturated heterocycles. The topological polar surface area (TPSA) is 47.6 Å². The molecule has 0 aliphatic carbocycles. The molecule has 1 fully saturated rings. The number of carbonyl (C=O) groups excluding carboxylic acids is 1. The van der Waals surface area contributed by atoms with Crippen LogP contribution in [0.1, 0.15) is 31.4 Å². The molecular formula is C24H30BrClN4OS. The van der Waals surface area contributed by atoms with Crippen LogP contribution in [0.5, 0.6) is 0 Å². The van der Waals surface area contributed by atoms with Gasteiger partial charge in [0.05, 0.1) is 17.3 Å². The van der Waals surface area contributed by atoms with Gasteiger partial charge in [-0.05, 0) is 60.8 Å². The van der Waals surface area contributed by atoms with Gasteiger partial charge in [-0.1, -0.05) is 59.6 Å². The lowest BCUT2D eigenvalue weighted by molar-refractivity contribution is -0.117. The van der Waals surface area contributed by atoms with E-state index in [2.05, 4.69) is 68.4 Å². The van der Waals surface area contributed by atoms with Crippen LogP contribution in [0, 0.1) is 0 Å². The summed E-state index contributed by atoms with van der Waals surface area (Å²) in [6.07, 6.45) is 2.73. The molecule has 2 N–H and O–H groups in total. The maximum absolute atomic E-state index is 12.8. The van der Waals surface area contributed by atoms with Crippen molar-refractivity contribution in [2.24, 2.45) is 0 Å². The van der Waals surface area contributed by atoms with Crippen molar-refractivity contribution in [3.05, 3.63) is 57.0 Å².